The minimum absolute atomic E-state index is 0.499. The lowest BCUT2D eigenvalue weighted by Gasteiger charge is -2.24. The smallest absolute Gasteiger partial charge is 0.0590 e. The first kappa shape index (κ1) is 12.5. The van der Waals surface area contributed by atoms with Gasteiger partial charge in [0.25, 0.3) is 0 Å². The van der Waals surface area contributed by atoms with Crippen LogP contribution in [0.3, 0.4) is 0 Å². The maximum absolute atomic E-state index is 4.05. The third kappa shape index (κ3) is 3.49. The average molecular weight is 271 g/mol. The van der Waals surface area contributed by atoms with Crippen LogP contribution in [-0.4, -0.2) is 11.0 Å². The van der Waals surface area contributed by atoms with E-state index in [0.29, 0.717) is 6.04 Å². The summed E-state index contributed by atoms with van der Waals surface area (Å²) < 4.78 is 1.03. The largest absolute Gasteiger partial charge is 0.381 e. The molecule has 0 fully saturated rings. The van der Waals surface area contributed by atoms with Gasteiger partial charge in [0.1, 0.15) is 0 Å². The molecule has 0 saturated heterocycles. The number of nitrogens with one attached hydrogen (secondary N) is 1. The van der Waals surface area contributed by atoms with Crippen molar-refractivity contribution in [2.45, 2.75) is 39.7 Å². The van der Waals surface area contributed by atoms with E-state index in [0.717, 1.165) is 16.1 Å². The Labute approximate surface area is 101 Å². The molecule has 0 aliphatic rings. The maximum atomic E-state index is 4.05. The van der Waals surface area contributed by atoms with Gasteiger partial charge in [-0.25, -0.2) is 0 Å². The van der Waals surface area contributed by atoms with Crippen molar-refractivity contribution in [3.63, 3.8) is 0 Å². The summed E-state index contributed by atoms with van der Waals surface area (Å²) in [6.45, 7) is 6.73. The molecule has 0 saturated carbocycles. The summed E-state index contributed by atoms with van der Waals surface area (Å²) in [5.74, 6) is 0.727. The van der Waals surface area contributed by atoms with Gasteiger partial charge in [-0.1, -0.05) is 26.7 Å². The van der Waals surface area contributed by atoms with Crippen molar-refractivity contribution >= 4 is 21.6 Å². The first-order valence-corrected chi connectivity index (χ1v) is 6.34. The highest BCUT2D eigenvalue weighted by molar-refractivity contribution is 9.10. The van der Waals surface area contributed by atoms with E-state index in [1.165, 1.54) is 12.8 Å². The van der Waals surface area contributed by atoms with Gasteiger partial charge in [0.15, 0.2) is 0 Å². The van der Waals surface area contributed by atoms with Crippen LogP contribution in [0.25, 0.3) is 0 Å². The highest BCUT2D eigenvalue weighted by atomic mass is 79.9. The van der Waals surface area contributed by atoms with Gasteiger partial charge in [0, 0.05) is 18.4 Å². The molecule has 1 aromatic rings. The fourth-order valence-corrected chi connectivity index (χ4v) is 2.22. The van der Waals surface area contributed by atoms with Gasteiger partial charge in [-0.3, -0.25) is 4.98 Å². The van der Waals surface area contributed by atoms with E-state index in [-0.39, 0.29) is 0 Å². The van der Waals surface area contributed by atoms with Crippen molar-refractivity contribution in [2.75, 3.05) is 5.32 Å². The number of anilines is 1. The second-order valence-electron chi connectivity index (χ2n) is 3.87. The van der Waals surface area contributed by atoms with Crippen LogP contribution < -0.4 is 5.32 Å². The van der Waals surface area contributed by atoms with Crippen LogP contribution in [0.5, 0.6) is 0 Å². The monoisotopic (exact) mass is 270 g/mol. The van der Waals surface area contributed by atoms with Crippen molar-refractivity contribution in [3.05, 3.63) is 22.9 Å². The van der Waals surface area contributed by atoms with Crippen LogP contribution in [0.2, 0.25) is 0 Å². The summed E-state index contributed by atoms with van der Waals surface area (Å²) in [5, 5.41) is 3.53. The number of hydrogen-bond donors (Lipinski definition) is 1. The molecule has 1 N–H and O–H groups in total. The van der Waals surface area contributed by atoms with Gasteiger partial charge in [-0.05, 0) is 34.8 Å². The first-order valence-electron chi connectivity index (χ1n) is 5.55. The molecule has 2 nitrogen and oxygen atoms in total. The van der Waals surface area contributed by atoms with Crippen molar-refractivity contribution < 1.29 is 0 Å². The molecule has 1 rings (SSSR count). The van der Waals surface area contributed by atoms with Crippen LogP contribution in [0.1, 0.15) is 33.6 Å². The standard InChI is InChI=1S/C12H19BrN2/c1-4-10(5-2)9(3)15-12-6-7-14-8-11(12)13/h6-10H,4-5H2,1-3H3,(H,14,15). The van der Waals surface area contributed by atoms with Crippen molar-refractivity contribution in [1.29, 1.82) is 0 Å². The molecule has 0 aromatic carbocycles. The molecule has 0 radical (unpaired) electrons. The molecule has 0 aliphatic carbocycles. The minimum Gasteiger partial charge on any atom is -0.381 e. The number of nitrogens with zero attached hydrogens (tertiary/aromatic N) is 1. The summed E-state index contributed by atoms with van der Waals surface area (Å²) in [7, 11) is 0. The number of rotatable bonds is 5. The molecule has 0 bridgehead atoms. The molecule has 84 valence electrons. The summed E-state index contributed by atoms with van der Waals surface area (Å²) in [6.07, 6.45) is 6.06. The van der Waals surface area contributed by atoms with E-state index < -0.39 is 0 Å². The van der Waals surface area contributed by atoms with Crippen LogP contribution in [0.4, 0.5) is 5.69 Å². The zero-order valence-corrected chi connectivity index (χ0v) is 11.2. The first-order chi connectivity index (χ1) is 7.19. The zero-order valence-electron chi connectivity index (χ0n) is 9.63. The molecule has 1 unspecified atom stereocenters. The second kappa shape index (κ2) is 6.11. The van der Waals surface area contributed by atoms with Crippen LogP contribution in [0, 0.1) is 5.92 Å². The van der Waals surface area contributed by atoms with Crippen molar-refractivity contribution in [3.8, 4) is 0 Å². The Balaban J connectivity index is 2.65. The minimum atomic E-state index is 0.499. The van der Waals surface area contributed by atoms with Gasteiger partial charge in [-0.15, -0.1) is 0 Å². The van der Waals surface area contributed by atoms with Gasteiger partial charge >= 0.3 is 0 Å². The predicted octanol–water partition coefficient (Wildman–Crippen LogP) is 4.08. The van der Waals surface area contributed by atoms with E-state index in [2.05, 4.69) is 47.0 Å². The third-order valence-electron chi connectivity index (χ3n) is 2.91. The van der Waals surface area contributed by atoms with Gasteiger partial charge < -0.3 is 5.32 Å². The number of aromatic nitrogens is 1. The molecule has 0 amide bonds. The number of halogens is 1. The van der Waals surface area contributed by atoms with Crippen LogP contribution >= 0.6 is 15.9 Å². The van der Waals surface area contributed by atoms with Crippen LogP contribution in [-0.2, 0) is 0 Å². The Hall–Kier alpha value is -0.570. The normalized spacial score (nSPS) is 12.9. The van der Waals surface area contributed by atoms with E-state index in [9.17, 15) is 0 Å². The Kier molecular flexibility index (Phi) is 5.09. The SMILES string of the molecule is CCC(CC)C(C)Nc1ccncc1Br. The highest BCUT2D eigenvalue weighted by Gasteiger charge is 2.13. The zero-order chi connectivity index (χ0) is 11.3. The molecule has 0 aliphatic heterocycles. The fourth-order valence-electron chi connectivity index (χ4n) is 1.85. The van der Waals surface area contributed by atoms with Gasteiger partial charge in [0.2, 0.25) is 0 Å². The van der Waals surface area contributed by atoms with E-state index in [1.807, 2.05) is 18.5 Å². The van der Waals surface area contributed by atoms with E-state index in [4.69, 9.17) is 0 Å². The van der Waals surface area contributed by atoms with E-state index >= 15 is 0 Å². The van der Waals surface area contributed by atoms with E-state index in [1.54, 1.807) is 0 Å². The topological polar surface area (TPSA) is 24.9 Å². The Morgan fingerprint density at radius 1 is 1.40 bits per heavy atom. The summed E-state index contributed by atoms with van der Waals surface area (Å²) >= 11 is 3.49. The molecule has 3 heteroatoms. The molecule has 15 heavy (non-hydrogen) atoms. The molecule has 1 heterocycles. The lowest BCUT2D eigenvalue weighted by atomic mass is 9.95. The molecule has 1 atom stereocenters. The third-order valence-corrected chi connectivity index (χ3v) is 3.54. The summed E-state index contributed by atoms with van der Waals surface area (Å²) in [4.78, 5) is 4.05. The average Bonchev–Trinajstić information content (AvgIpc) is 2.23. The Bertz CT molecular complexity index is 297. The highest BCUT2D eigenvalue weighted by Crippen LogP contribution is 2.23. The van der Waals surface area contributed by atoms with Crippen LogP contribution in [0.15, 0.2) is 22.9 Å². The lowest BCUT2D eigenvalue weighted by Crippen LogP contribution is -2.25. The van der Waals surface area contributed by atoms with Crippen molar-refractivity contribution in [1.82, 2.24) is 4.98 Å². The molecule has 0 spiro atoms. The van der Waals surface area contributed by atoms with Gasteiger partial charge in [-0.2, -0.15) is 0 Å². The maximum Gasteiger partial charge on any atom is 0.0590 e. The lowest BCUT2D eigenvalue weighted by molar-refractivity contribution is 0.438. The second-order valence-corrected chi connectivity index (χ2v) is 4.72. The van der Waals surface area contributed by atoms with Gasteiger partial charge in [0.05, 0.1) is 10.2 Å². The Morgan fingerprint density at radius 2 is 2.07 bits per heavy atom. The molecule has 1 aromatic heterocycles. The summed E-state index contributed by atoms with van der Waals surface area (Å²) in [5.41, 5.74) is 1.13. The van der Waals surface area contributed by atoms with Crippen molar-refractivity contribution in [2.24, 2.45) is 5.92 Å². The number of hydrogen-bond acceptors (Lipinski definition) is 2. The Morgan fingerprint density at radius 3 is 2.60 bits per heavy atom. The number of pyridine rings is 1. The quantitative estimate of drug-likeness (QED) is 0.872. The molecular weight excluding hydrogens is 252 g/mol. The predicted molar refractivity (Wildman–Crippen MR) is 69.1 cm³/mol. The summed E-state index contributed by atoms with van der Waals surface area (Å²) in [6, 6.07) is 2.50. The molecular formula is C12H19BrN2. The fraction of sp³-hybridized carbons (Fsp3) is 0.583.